The number of hydrogen-bond donors (Lipinski definition) is 2. The van der Waals surface area contributed by atoms with Crippen molar-refractivity contribution in [3.05, 3.63) is 58.1 Å². The maximum absolute atomic E-state index is 12.3. The van der Waals surface area contributed by atoms with E-state index in [2.05, 4.69) is 5.32 Å². The molecule has 1 amide bonds. The number of nitro benzene ring substituents is 1. The largest absolute Gasteiger partial charge is 0.393 e. The normalized spacial score (nSPS) is 10.1. The lowest BCUT2D eigenvalue weighted by molar-refractivity contribution is -0.383. The van der Waals surface area contributed by atoms with Gasteiger partial charge in [0.05, 0.1) is 16.2 Å². The first-order valence-electron chi connectivity index (χ1n) is 6.02. The minimum Gasteiger partial charge on any atom is -0.393 e. The second kappa shape index (κ2) is 6.27. The summed E-state index contributed by atoms with van der Waals surface area (Å²) in [6.07, 6.45) is 1.90. The lowest BCUT2D eigenvalue weighted by Crippen LogP contribution is -2.15. The highest BCUT2D eigenvalue weighted by atomic mass is 32.2. The number of nitrogens with two attached hydrogens (primary N) is 1. The zero-order chi connectivity index (χ0) is 15.4. The third-order valence-corrected chi connectivity index (χ3v) is 3.68. The molecular weight excluding hydrogens is 290 g/mol. The van der Waals surface area contributed by atoms with E-state index in [4.69, 9.17) is 5.73 Å². The highest BCUT2D eigenvalue weighted by Crippen LogP contribution is 2.28. The lowest BCUT2D eigenvalue weighted by atomic mass is 10.1. The molecule has 2 rings (SSSR count). The van der Waals surface area contributed by atoms with Crippen LogP contribution in [0.4, 0.5) is 17.1 Å². The Labute approximate surface area is 125 Å². The van der Waals surface area contributed by atoms with E-state index >= 15 is 0 Å². The third-order valence-electron chi connectivity index (χ3n) is 2.88. The Balaban J connectivity index is 2.33. The van der Waals surface area contributed by atoms with Gasteiger partial charge in [0.1, 0.15) is 5.69 Å². The van der Waals surface area contributed by atoms with Gasteiger partial charge in [-0.05, 0) is 24.5 Å². The number of thioether (sulfide) groups is 1. The van der Waals surface area contributed by atoms with Crippen molar-refractivity contribution in [3.63, 3.8) is 0 Å². The Kier molecular flexibility index (Phi) is 4.44. The number of para-hydroxylation sites is 2. The van der Waals surface area contributed by atoms with Gasteiger partial charge >= 0.3 is 0 Å². The number of nitrogens with one attached hydrogen (secondary N) is 1. The molecule has 0 saturated heterocycles. The number of benzene rings is 2. The SMILES string of the molecule is CSc1ccccc1NC(=O)c1cccc([N+](=O)[O-])c1N. The van der Waals surface area contributed by atoms with Gasteiger partial charge in [-0.2, -0.15) is 0 Å². The molecule has 0 aromatic heterocycles. The molecular formula is C14H13N3O3S. The van der Waals surface area contributed by atoms with Crippen LogP contribution in [0.15, 0.2) is 47.4 Å². The minimum atomic E-state index is -0.609. The number of hydrogen-bond acceptors (Lipinski definition) is 5. The minimum absolute atomic E-state index is 0.0834. The number of nitrogens with zero attached hydrogens (tertiary/aromatic N) is 1. The summed E-state index contributed by atoms with van der Waals surface area (Å²) >= 11 is 1.49. The van der Waals surface area contributed by atoms with E-state index in [-0.39, 0.29) is 16.9 Å². The molecule has 2 aromatic rings. The molecule has 0 aliphatic heterocycles. The van der Waals surface area contributed by atoms with Crippen LogP contribution < -0.4 is 11.1 Å². The van der Waals surface area contributed by atoms with Gasteiger partial charge in [-0.1, -0.05) is 18.2 Å². The molecule has 2 aromatic carbocycles. The maximum atomic E-state index is 12.3. The monoisotopic (exact) mass is 303 g/mol. The van der Waals surface area contributed by atoms with Gasteiger partial charge in [0, 0.05) is 11.0 Å². The van der Waals surface area contributed by atoms with E-state index in [0.29, 0.717) is 5.69 Å². The molecule has 0 radical (unpaired) electrons. The van der Waals surface area contributed by atoms with Gasteiger partial charge in [-0.3, -0.25) is 14.9 Å². The quantitative estimate of drug-likeness (QED) is 0.391. The number of amides is 1. The summed E-state index contributed by atoms with van der Waals surface area (Å²) in [5.74, 6) is -0.474. The standard InChI is InChI=1S/C14H13N3O3S/c1-21-12-8-3-2-6-10(12)16-14(18)9-5-4-7-11(13(9)15)17(19)20/h2-8H,15H2,1H3,(H,16,18). The molecule has 0 atom stereocenters. The molecule has 0 fully saturated rings. The second-order valence-corrected chi connectivity index (χ2v) is 5.00. The molecule has 3 N–H and O–H groups in total. The molecule has 108 valence electrons. The molecule has 21 heavy (non-hydrogen) atoms. The summed E-state index contributed by atoms with van der Waals surface area (Å²) in [5, 5.41) is 13.6. The van der Waals surface area contributed by atoms with Crippen LogP contribution in [0.3, 0.4) is 0 Å². The highest BCUT2D eigenvalue weighted by molar-refractivity contribution is 7.98. The van der Waals surface area contributed by atoms with Gasteiger partial charge < -0.3 is 11.1 Å². The zero-order valence-electron chi connectivity index (χ0n) is 11.2. The molecule has 6 nitrogen and oxygen atoms in total. The average molecular weight is 303 g/mol. The van der Waals surface area contributed by atoms with Gasteiger partial charge in [-0.25, -0.2) is 0 Å². The summed E-state index contributed by atoms with van der Waals surface area (Å²) in [5.41, 5.74) is 6.01. The van der Waals surface area contributed by atoms with E-state index in [1.807, 2.05) is 18.4 Å². The number of anilines is 2. The predicted octanol–water partition coefficient (Wildman–Crippen LogP) is 3.15. The van der Waals surface area contributed by atoms with Crippen molar-refractivity contribution in [2.75, 3.05) is 17.3 Å². The molecule has 0 saturated carbocycles. The fraction of sp³-hybridized carbons (Fsp3) is 0.0714. The van der Waals surface area contributed by atoms with Gasteiger partial charge in [-0.15, -0.1) is 11.8 Å². The van der Waals surface area contributed by atoms with Crippen molar-refractivity contribution < 1.29 is 9.72 Å². The van der Waals surface area contributed by atoms with Crippen molar-refractivity contribution in [3.8, 4) is 0 Å². The van der Waals surface area contributed by atoms with E-state index in [1.165, 1.54) is 30.0 Å². The topological polar surface area (TPSA) is 98.3 Å². The molecule has 0 aliphatic carbocycles. The molecule has 0 aliphatic rings. The lowest BCUT2D eigenvalue weighted by Gasteiger charge is -2.10. The van der Waals surface area contributed by atoms with E-state index < -0.39 is 10.8 Å². The van der Waals surface area contributed by atoms with Gasteiger partial charge in [0.15, 0.2) is 0 Å². The number of carbonyl (C=O) groups is 1. The Morgan fingerprint density at radius 3 is 2.62 bits per heavy atom. The van der Waals surface area contributed by atoms with Crippen LogP contribution in [0, 0.1) is 10.1 Å². The summed E-state index contributed by atoms with van der Waals surface area (Å²) in [6, 6.07) is 11.5. The van der Waals surface area contributed by atoms with Crippen molar-refractivity contribution in [2.24, 2.45) is 0 Å². The summed E-state index contributed by atoms with van der Waals surface area (Å²) < 4.78 is 0. The van der Waals surface area contributed by atoms with Gasteiger partial charge in [0.2, 0.25) is 0 Å². The van der Waals surface area contributed by atoms with E-state index in [0.717, 1.165) is 4.90 Å². The summed E-state index contributed by atoms with van der Waals surface area (Å²) in [6.45, 7) is 0. The van der Waals surface area contributed by atoms with Crippen molar-refractivity contribution in [1.82, 2.24) is 0 Å². The maximum Gasteiger partial charge on any atom is 0.292 e. The summed E-state index contributed by atoms with van der Waals surface area (Å²) in [4.78, 5) is 23.4. The first kappa shape index (κ1) is 14.9. The van der Waals surface area contributed by atoms with Gasteiger partial charge in [0.25, 0.3) is 11.6 Å². The van der Waals surface area contributed by atoms with Crippen LogP contribution in [-0.2, 0) is 0 Å². The first-order chi connectivity index (χ1) is 10.0. The Morgan fingerprint density at radius 1 is 1.24 bits per heavy atom. The zero-order valence-corrected chi connectivity index (χ0v) is 12.0. The average Bonchev–Trinajstić information content (AvgIpc) is 2.47. The molecule has 7 heteroatoms. The van der Waals surface area contributed by atoms with E-state index in [1.54, 1.807) is 12.1 Å². The van der Waals surface area contributed by atoms with Crippen LogP contribution in [0.2, 0.25) is 0 Å². The molecule has 0 spiro atoms. The fourth-order valence-corrected chi connectivity index (χ4v) is 2.40. The molecule has 0 bridgehead atoms. The van der Waals surface area contributed by atoms with Crippen LogP contribution in [0.25, 0.3) is 0 Å². The number of nitro groups is 1. The Hall–Kier alpha value is -2.54. The molecule has 0 unspecified atom stereocenters. The second-order valence-electron chi connectivity index (χ2n) is 4.15. The Morgan fingerprint density at radius 2 is 1.95 bits per heavy atom. The number of nitrogen functional groups attached to an aromatic ring is 1. The van der Waals surface area contributed by atoms with Crippen molar-refractivity contribution in [2.45, 2.75) is 4.90 Å². The third kappa shape index (κ3) is 3.14. The van der Waals surface area contributed by atoms with Crippen LogP contribution in [-0.4, -0.2) is 17.1 Å². The predicted molar refractivity (Wildman–Crippen MR) is 83.7 cm³/mol. The first-order valence-corrected chi connectivity index (χ1v) is 7.24. The number of carbonyl (C=O) groups excluding carboxylic acids is 1. The fourth-order valence-electron chi connectivity index (χ4n) is 1.85. The van der Waals surface area contributed by atoms with Crippen molar-refractivity contribution in [1.29, 1.82) is 0 Å². The highest BCUT2D eigenvalue weighted by Gasteiger charge is 2.19. The molecule has 0 heterocycles. The van der Waals surface area contributed by atoms with Crippen LogP contribution in [0.5, 0.6) is 0 Å². The van der Waals surface area contributed by atoms with Crippen LogP contribution in [0.1, 0.15) is 10.4 Å². The Bertz CT molecular complexity index is 704. The van der Waals surface area contributed by atoms with Crippen molar-refractivity contribution >= 4 is 34.7 Å². The summed E-state index contributed by atoms with van der Waals surface area (Å²) in [7, 11) is 0. The smallest absolute Gasteiger partial charge is 0.292 e. The number of rotatable bonds is 4. The van der Waals surface area contributed by atoms with Crippen LogP contribution >= 0.6 is 11.8 Å². The van der Waals surface area contributed by atoms with E-state index in [9.17, 15) is 14.9 Å².